The Hall–Kier alpha value is -2.44. The molecule has 1 aliphatic heterocycles. The molecule has 7 nitrogen and oxygen atoms in total. The molecule has 0 aliphatic carbocycles. The first-order chi connectivity index (χ1) is 13.9. The maximum atomic E-state index is 13.1. The molecule has 0 saturated carbocycles. The summed E-state index contributed by atoms with van der Waals surface area (Å²) in [5.74, 6) is 1.94. The van der Waals surface area contributed by atoms with E-state index in [1.807, 2.05) is 39.5 Å². The van der Waals surface area contributed by atoms with Crippen molar-refractivity contribution in [1.82, 2.24) is 9.80 Å². The Morgan fingerprint density at radius 2 is 1.34 bits per heavy atom. The molecule has 7 heteroatoms. The fourth-order valence-electron chi connectivity index (χ4n) is 3.33. The molecule has 0 N–H and O–H groups in total. The third kappa shape index (κ3) is 6.02. The summed E-state index contributed by atoms with van der Waals surface area (Å²) in [5, 5.41) is 0. The highest BCUT2D eigenvalue weighted by Crippen LogP contribution is 2.39. The molecule has 0 unspecified atom stereocenters. The van der Waals surface area contributed by atoms with E-state index in [1.165, 1.54) is 0 Å². The number of nitrogens with zero attached hydrogens (tertiary/aromatic N) is 2. The third-order valence-electron chi connectivity index (χ3n) is 4.66. The lowest BCUT2D eigenvalue weighted by molar-refractivity contribution is -0.133. The van der Waals surface area contributed by atoms with Crippen molar-refractivity contribution in [1.29, 1.82) is 0 Å². The molecule has 1 aromatic carbocycles. The second kappa shape index (κ2) is 10.9. The summed E-state index contributed by atoms with van der Waals surface area (Å²) in [6.07, 6.45) is 0.544. The van der Waals surface area contributed by atoms with Crippen molar-refractivity contribution in [3.63, 3.8) is 0 Å². The molecule has 1 aromatic rings. The Kier molecular flexibility index (Phi) is 8.61. The number of carbonyl (C=O) groups excluding carboxylic acids is 2. The van der Waals surface area contributed by atoms with E-state index >= 15 is 0 Å². The van der Waals surface area contributed by atoms with Gasteiger partial charge in [0, 0.05) is 38.2 Å². The zero-order valence-electron chi connectivity index (χ0n) is 18.3. The van der Waals surface area contributed by atoms with E-state index in [-0.39, 0.29) is 11.8 Å². The lowest BCUT2D eigenvalue weighted by Crippen LogP contribution is -2.50. The van der Waals surface area contributed by atoms with Crippen LogP contribution in [-0.4, -0.2) is 67.6 Å². The fourth-order valence-corrected chi connectivity index (χ4v) is 3.33. The van der Waals surface area contributed by atoms with Crippen molar-refractivity contribution in [2.45, 2.75) is 41.0 Å². The van der Waals surface area contributed by atoms with E-state index in [2.05, 4.69) is 0 Å². The maximum Gasteiger partial charge on any atom is 0.254 e. The molecule has 0 radical (unpaired) electrons. The molecule has 1 fully saturated rings. The zero-order valence-corrected chi connectivity index (χ0v) is 18.3. The van der Waals surface area contributed by atoms with Crippen molar-refractivity contribution in [3.05, 3.63) is 17.7 Å². The number of hydrogen-bond acceptors (Lipinski definition) is 5. The van der Waals surface area contributed by atoms with Gasteiger partial charge < -0.3 is 24.0 Å². The van der Waals surface area contributed by atoms with Crippen LogP contribution in [0.1, 0.15) is 51.4 Å². The maximum absolute atomic E-state index is 13.1. The van der Waals surface area contributed by atoms with E-state index in [0.717, 1.165) is 0 Å². The van der Waals surface area contributed by atoms with Gasteiger partial charge in [-0.3, -0.25) is 9.59 Å². The minimum absolute atomic E-state index is 0.0917. The molecular weight excluding hydrogens is 372 g/mol. The van der Waals surface area contributed by atoms with Gasteiger partial charge in [0.25, 0.3) is 5.91 Å². The average Bonchev–Trinajstić information content (AvgIpc) is 2.69. The van der Waals surface area contributed by atoms with Crippen LogP contribution in [0.15, 0.2) is 12.1 Å². The highest BCUT2D eigenvalue weighted by Gasteiger charge is 2.27. The van der Waals surface area contributed by atoms with Crippen LogP contribution in [0.25, 0.3) is 0 Å². The van der Waals surface area contributed by atoms with Crippen molar-refractivity contribution >= 4 is 11.8 Å². The number of ether oxygens (including phenoxy) is 3. The SMILES string of the molecule is CCOc1cc(C(=O)N2CCN(C(=O)CC(C)C)CC2)cc(OCC)c1OCC. The zero-order chi connectivity index (χ0) is 21.4. The van der Waals surface area contributed by atoms with Crippen molar-refractivity contribution in [3.8, 4) is 17.2 Å². The van der Waals surface area contributed by atoms with Gasteiger partial charge in [0.15, 0.2) is 11.5 Å². The third-order valence-corrected chi connectivity index (χ3v) is 4.66. The predicted octanol–water partition coefficient (Wildman–Crippen LogP) is 3.21. The second-order valence-corrected chi connectivity index (χ2v) is 7.37. The van der Waals surface area contributed by atoms with E-state index < -0.39 is 0 Å². The average molecular weight is 407 g/mol. The normalized spacial score (nSPS) is 14.1. The Labute approximate surface area is 173 Å². The molecule has 1 saturated heterocycles. The van der Waals surface area contributed by atoms with Crippen LogP contribution in [0.2, 0.25) is 0 Å². The Morgan fingerprint density at radius 3 is 1.79 bits per heavy atom. The number of rotatable bonds is 9. The molecule has 0 spiro atoms. The smallest absolute Gasteiger partial charge is 0.254 e. The van der Waals surface area contributed by atoms with Crippen LogP contribution < -0.4 is 14.2 Å². The van der Waals surface area contributed by atoms with Crippen molar-refractivity contribution in [2.24, 2.45) is 5.92 Å². The standard InChI is InChI=1S/C22H34N2O5/c1-6-27-18-14-17(15-19(28-7-2)21(18)29-8-3)22(26)24-11-9-23(10-12-24)20(25)13-16(4)5/h14-16H,6-13H2,1-5H3. The molecule has 2 rings (SSSR count). The summed E-state index contributed by atoms with van der Waals surface area (Å²) in [6.45, 7) is 13.3. The monoisotopic (exact) mass is 406 g/mol. The van der Waals surface area contributed by atoms with Gasteiger partial charge in [-0.25, -0.2) is 0 Å². The van der Waals surface area contributed by atoms with Gasteiger partial charge in [0.05, 0.1) is 19.8 Å². The van der Waals surface area contributed by atoms with E-state index in [9.17, 15) is 9.59 Å². The summed E-state index contributed by atoms with van der Waals surface area (Å²) < 4.78 is 17.1. The summed E-state index contributed by atoms with van der Waals surface area (Å²) >= 11 is 0. The number of piperazine rings is 1. The molecule has 29 heavy (non-hydrogen) atoms. The lowest BCUT2D eigenvalue weighted by Gasteiger charge is -2.35. The number of amides is 2. The molecule has 1 aliphatic rings. The summed E-state index contributed by atoms with van der Waals surface area (Å²) in [4.78, 5) is 29.0. The molecule has 0 aromatic heterocycles. The summed E-state index contributed by atoms with van der Waals surface area (Å²) in [5.41, 5.74) is 0.502. The Morgan fingerprint density at radius 1 is 0.862 bits per heavy atom. The molecular formula is C22H34N2O5. The van der Waals surface area contributed by atoms with Crippen LogP contribution in [0.5, 0.6) is 17.2 Å². The highest BCUT2D eigenvalue weighted by atomic mass is 16.5. The quantitative estimate of drug-likeness (QED) is 0.630. The molecule has 162 valence electrons. The number of benzene rings is 1. The molecule has 0 atom stereocenters. The molecule has 2 amide bonds. The lowest BCUT2D eigenvalue weighted by atomic mass is 10.1. The predicted molar refractivity (Wildman–Crippen MR) is 112 cm³/mol. The highest BCUT2D eigenvalue weighted by molar-refractivity contribution is 5.96. The number of hydrogen-bond donors (Lipinski definition) is 0. The molecule has 0 bridgehead atoms. The van der Waals surface area contributed by atoms with Gasteiger partial charge in [-0.1, -0.05) is 13.8 Å². The van der Waals surface area contributed by atoms with E-state index in [0.29, 0.717) is 81.2 Å². The molecule has 1 heterocycles. The van der Waals surface area contributed by atoms with Crippen molar-refractivity contribution in [2.75, 3.05) is 46.0 Å². The van der Waals surface area contributed by atoms with Crippen LogP contribution in [0.3, 0.4) is 0 Å². The van der Waals surface area contributed by atoms with E-state index in [4.69, 9.17) is 14.2 Å². The largest absolute Gasteiger partial charge is 0.490 e. The second-order valence-electron chi connectivity index (χ2n) is 7.37. The van der Waals surface area contributed by atoms with E-state index in [1.54, 1.807) is 17.0 Å². The van der Waals surface area contributed by atoms with Crippen molar-refractivity contribution < 1.29 is 23.8 Å². The van der Waals surface area contributed by atoms with Crippen LogP contribution in [0.4, 0.5) is 0 Å². The van der Waals surface area contributed by atoms with Gasteiger partial charge in [-0.05, 0) is 38.8 Å². The number of carbonyl (C=O) groups is 2. The first-order valence-corrected chi connectivity index (χ1v) is 10.5. The first kappa shape index (κ1) is 22.8. The minimum atomic E-state index is -0.0917. The summed E-state index contributed by atoms with van der Waals surface area (Å²) in [6, 6.07) is 3.44. The Bertz CT molecular complexity index is 669. The van der Waals surface area contributed by atoms with Crippen LogP contribution in [-0.2, 0) is 4.79 Å². The van der Waals surface area contributed by atoms with Gasteiger partial charge in [-0.2, -0.15) is 0 Å². The van der Waals surface area contributed by atoms with Crippen LogP contribution in [0, 0.1) is 5.92 Å². The minimum Gasteiger partial charge on any atom is -0.490 e. The fraction of sp³-hybridized carbons (Fsp3) is 0.636. The summed E-state index contributed by atoms with van der Waals surface area (Å²) in [7, 11) is 0. The topological polar surface area (TPSA) is 68.3 Å². The van der Waals surface area contributed by atoms with Crippen LogP contribution >= 0.6 is 0 Å². The Balaban J connectivity index is 2.17. The van der Waals surface area contributed by atoms with Gasteiger partial charge in [0.1, 0.15) is 0 Å². The van der Waals surface area contributed by atoms with Gasteiger partial charge >= 0.3 is 0 Å². The first-order valence-electron chi connectivity index (χ1n) is 10.5. The van der Waals surface area contributed by atoms with Gasteiger partial charge in [-0.15, -0.1) is 0 Å². The van der Waals surface area contributed by atoms with Gasteiger partial charge in [0.2, 0.25) is 11.7 Å².